The van der Waals surface area contributed by atoms with Gasteiger partial charge in [0.15, 0.2) is 0 Å². The smallest absolute Gasteiger partial charge is 0.258 e. The normalized spacial score (nSPS) is 12.2. The first-order valence-electron chi connectivity index (χ1n) is 7.65. The van der Waals surface area contributed by atoms with Crippen molar-refractivity contribution in [3.05, 3.63) is 66.7 Å². The van der Waals surface area contributed by atoms with Crippen molar-refractivity contribution < 1.29 is 26.7 Å². The van der Waals surface area contributed by atoms with Crippen LogP contribution in [0.25, 0.3) is 0 Å². The summed E-state index contributed by atoms with van der Waals surface area (Å²) in [6.07, 6.45) is 0. The minimum absolute atomic E-state index is 0.0124. The van der Waals surface area contributed by atoms with Crippen LogP contribution >= 0.6 is 11.6 Å². The third kappa shape index (κ3) is 4.07. The summed E-state index contributed by atoms with van der Waals surface area (Å²) >= 11 is 5.66. The highest BCUT2D eigenvalue weighted by Crippen LogP contribution is 2.32. The fourth-order valence-electron chi connectivity index (χ4n) is 2.39. The Morgan fingerprint density at radius 3 is 2.03 bits per heavy atom. The van der Waals surface area contributed by atoms with Crippen LogP contribution in [0.3, 0.4) is 0 Å². The number of aryl methyl sites for hydroxylation is 1. The van der Waals surface area contributed by atoms with E-state index in [9.17, 15) is 37.1 Å². The molecule has 0 aliphatic carbocycles. The molecule has 0 amide bonds. The van der Waals surface area contributed by atoms with Gasteiger partial charge in [0.25, 0.3) is 31.4 Å². The Kier molecular flexibility index (Phi) is 5.99. The summed E-state index contributed by atoms with van der Waals surface area (Å²) in [5, 5.41) is 21.7. The fourth-order valence-corrected chi connectivity index (χ4v) is 6.00. The molecule has 0 aliphatic rings. The molecule has 2 aromatic carbocycles. The predicted molar refractivity (Wildman–Crippen MR) is 103 cm³/mol. The first-order chi connectivity index (χ1) is 13.2. The van der Waals surface area contributed by atoms with Crippen LogP contribution in [-0.2, 0) is 20.0 Å². The summed E-state index contributed by atoms with van der Waals surface area (Å²) < 4.78 is 51.5. The van der Waals surface area contributed by atoms with Gasteiger partial charge in [-0.3, -0.25) is 20.2 Å². The van der Waals surface area contributed by atoms with Crippen molar-refractivity contribution in [1.82, 2.24) is 3.71 Å². The van der Waals surface area contributed by atoms with Crippen LogP contribution in [0.2, 0.25) is 5.02 Å². The van der Waals surface area contributed by atoms with E-state index in [4.69, 9.17) is 11.6 Å². The predicted octanol–water partition coefficient (Wildman–Crippen LogP) is 2.78. The number of nitrogens with zero attached hydrogens (tertiary/aromatic N) is 3. The van der Waals surface area contributed by atoms with E-state index in [1.54, 1.807) is 0 Å². The van der Waals surface area contributed by atoms with Crippen LogP contribution < -0.4 is 0 Å². The Hall–Kier alpha value is -2.61. The standard InChI is InChI=1S/C15H14ClN3O8S2/c1-9-6-11(18(20)21)7-15(10(9)2)29(26,27)17(3)28(24,25)12-4-5-13(16)14(8-12)19(22)23/h4-8H,1-3H3. The highest BCUT2D eigenvalue weighted by Gasteiger charge is 2.36. The number of rotatable bonds is 6. The molecule has 156 valence electrons. The van der Waals surface area contributed by atoms with E-state index in [-0.39, 0.29) is 19.9 Å². The van der Waals surface area contributed by atoms with Gasteiger partial charge in [0.05, 0.1) is 19.6 Å². The second-order valence-corrected chi connectivity index (χ2v) is 10.4. The number of nitro benzene ring substituents is 2. The lowest BCUT2D eigenvalue weighted by atomic mass is 10.1. The van der Waals surface area contributed by atoms with Gasteiger partial charge in [0.1, 0.15) is 5.02 Å². The van der Waals surface area contributed by atoms with Crippen molar-refractivity contribution in [2.24, 2.45) is 0 Å². The van der Waals surface area contributed by atoms with Crippen molar-refractivity contribution >= 4 is 43.0 Å². The first-order valence-corrected chi connectivity index (χ1v) is 10.9. The molecule has 0 N–H and O–H groups in total. The number of hydrogen-bond donors (Lipinski definition) is 0. The largest absolute Gasteiger partial charge is 0.289 e. The van der Waals surface area contributed by atoms with Crippen LogP contribution in [0.4, 0.5) is 11.4 Å². The van der Waals surface area contributed by atoms with E-state index in [0.717, 1.165) is 31.3 Å². The molecule has 2 rings (SSSR count). The molecule has 0 spiro atoms. The third-order valence-electron chi connectivity index (χ3n) is 4.18. The molecule has 0 atom stereocenters. The van der Waals surface area contributed by atoms with E-state index < -0.39 is 51.1 Å². The molecule has 29 heavy (non-hydrogen) atoms. The summed E-state index contributed by atoms with van der Waals surface area (Å²) in [5.74, 6) is 0. The number of hydrogen-bond acceptors (Lipinski definition) is 8. The van der Waals surface area contributed by atoms with Crippen molar-refractivity contribution in [1.29, 1.82) is 0 Å². The van der Waals surface area contributed by atoms with Crippen molar-refractivity contribution in [3.63, 3.8) is 0 Å². The van der Waals surface area contributed by atoms with Gasteiger partial charge in [-0.1, -0.05) is 15.3 Å². The van der Waals surface area contributed by atoms with Crippen molar-refractivity contribution in [3.8, 4) is 0 Å². The number of non-ortho nitro benzene ring substituents is 1. The van der Waals surface area contributed by atoms with Crippen molar-refractivity contribution in [2.75, 3.05) is 7.05 Å². The molecule has 0 bridgehead atoms. The second kappa shape index (κ2) is 7.67. The summed E-state index contributed by atoms with van der Waals surface area (Å²) in [4.78, 5) is 19.1. The maximum Gasteiger partial charge on any atom is 0.289 e. The van der Waals surface area contributed by atoms with Crippen LogP contribution in [0.5, 0.6) is 0 Å². The molecule has 11 nitrogen and oxygen atoms in total. The Bertz CT molecular complexity index is 1240. The first kappa shape index (κ1) is 22.7. The van der Waals surface area contributed by atoms with Crippen LogP contribution in [0.1, 0.15) is 11.1 Å². The molecular weight excluding hydrogens is 450 g/mol. The second-order valence-electron chi connectivity index (χ2n) is 5.90. The summed E-state index contributed by atoms with van der Waals surface area (Å²) in [5.41, 5.74) is -0.856. The van der Waals surface area contributed by atoms with Gasteiger partial charge >= 0.3 is 0 Å². The zero-order valence-corrected chi connectivity index (χ0v) is 17.6. The number of benzene rings is 2. The molecule has 0 heterocycles. The molecule has 0 radical (unpaired) electrons. The maximum absolute atomic E-state index is 12.9. The molecule has 0 saturated heterocycles. The lowest BCUT2D eigenvalue weighted by Crippen LogP contribution is -2.34. The maximum atomic E-state index is 12.9. The Morgan fingerprint density at radius 1 is 0.931 bits per heavy atom. The van der Waals surface area contributed by atoms with E-state index in [1.807, 2.05) is 0 Å². The Morgan fingerprint density at radius 2 is 1.52 bits per heavy atom. The molecule has 0 aliphatic heterocycles. The van der Waals surface area contributed by atoms with E-state index in [2.05, 4.69) is 0 Å². The molecule has 0 saturated carbocycles. The third-order valence-corrected chi connectivity index (χ3v) is 8.86. The van der Waals surface area contributed by atoms with Gasteiger partial charge in [-0.15, -0.1) is 0 Å². The quantitative estimate of drug-likeness (QED) is 0.467. The lowest BCUT2D eigenvalue weighted by molar-refractivity contribution is -0.385. The summed E-state index contributed by atoms with van der Waals surface area (Å²) in [6.45, 7) is 2.82. The average molecular weight is 464 g/mol. The lowest BCUT2D eigenvalue weighted by Gasteiger charge is -2.19. The molecule has 0 fully saturated rings. The van der Waals surface area contributed by atoms with Gasteiger partial charge in [-0.2, -0.15) is 0 Å². The SMILES string of the molecule is Cc1cc([N+](=O)[O-])cc(S(=O)(=O)N(C)S(=O)(=O)c2ccc(Cl)c([N+](=O)[O-])c2)c1C. The highest BCUT2D eigenvalue weighted by molar-refractivity contribution is 8.04. The van der Waals surface area contributed by atoms with Gasteiger partial charge in [-0.05, 0) is 37.1 Å². The zero-order valence-electron chi connectivity index (χ0n) is 15.2. The summed E-state index contributed by atoms with van der Waals surface area (Å²) in [7, 11) is -8.79. The van der Waals surface area contributed by atoms with Gasteiger partial charge in [0, 0.05) is 25.2 Å². The summed E-state index contributed by atoms with van der Waals surface area (Å²) in [6, 6.07) is 4.42. The molecule has 0 aromatic heterocycles. The topological polar surface area (TPSA) is 158 Å². The molecular formula is C15H14ClN3O8S2. The Balaban J connectivity index is 2.67. The van der Waals surface area contributed by atoms with Crippen LogP contribution in [0, 0.1) is 34.1 Å². The monoisotopic (exact) mass is 463 g/mol. The van der Waals surface area contributed by atoms with Crippen molar-refractivity contribution in [2.45, 2.75) is 23.6 Å². The molecule has 14 heteroatoms. The van der Waals surface area contributed by atoms with E-state index in [0.29, 0.717) is 6.07 Å². The number of halogens is 1. The van der Waals surface area contributed by atoms with Crippen LogP contribution in [0.15, 0.2) is 40.1 Å². The Labute approximate surface area is 170 Å². The highest BCUT2D eigenvalue weighted by atomic mass is 35.5. The molecule has 0 unspecified atom stereocenters. The van der Waals surface area contributed by atoms with E-state index in [1.165, 1.54) is 13.8 Å². The minimum Gasteiger partial charge on any atom is -0.258 e. The fraction of sp³-hybridized carbons (Fsp3) is 0.200. The van der Waals surface area contributed by atoms with Gasteiger partial charge in [-0.25, -0.2) is 16.8 Å². The van der Waals surface area contributed by atoms with Crippen LogP contribution in [-0.4, -0.2) is 37.4 Å². The number of sulfonamides is 2. The number of nitro groups is 2. The average Bonchev–Trinajstić information content (AvgIpc) is 2.62. The molecule has 2 aromatic rings. The van der Waals surface area contributed by atoms with Gasteiger partial charge < -0.3 is 0 Å². The minimum atomic E-state index is -4.77. The van der Waals surface area contributed by atoms with Gasteiger partial charge in [0.2, 0.25) is 0 Å². The zero-order chi connectivity index (χ0) is 22.3. The van der Waals surface area contributed by atoms with E-state index >= 15 is 0 Å².